The summed E-state index contributed by atoms with van der Waals surface area (Å²) in [5, 5.41) is 8.81. The maximum absolute atomic E-state index is 12.3. The summed E-state index contributed by atoms with van der Waals surface area (Å²) in [7, 11) is -3.31. The molecule has 102 valence electrons. The maximum atomic E-state index is 12.3. The van der Waals surface area contributed by atoms with E-state index in [0.29, 0.717) is 30.8 Å². The van der Waals surface area contributed by atoms with Crippen LogP contribution in [0.25, 0.3) is 0 Å². The van der Waals surface area contributed by atoms with E-state index in [-0.39, 0.29) is 11.7 Å². The minimum Gasteiger partial charge on any atom is -0.330 e. The third kappa shape index (κ3) is 3.32. The van der Waals surface area contributed by atoms with Crippen LogP contribution in [0.15, 0.2) is 24.3 Å². The van der Waals surface area contributed by atoms with E-state index in [1.54, 1.807) is 24.3 Å². The molecule has 6 heteroatoms. The molecule has 5 nitrogen and oxygen atoms in total. The molecule has 0 amide bonds. The van der Waals surface area contributed by atoms with Gasteiger partial charge in [-0.3, -0.25) is 0 Å². The van der Waals surface area contributed by atoms with Crippen LogP contribution in [0.3, 0.4) is 0 Å². The Morgan fingerprint density at radius 2 is 2.26 bits per heavy atom. The molecular weight excluding hydrogens is 262 g/mol. The van der Waals surface area contributed by atoms with E-state index in [2.05, 4.69) is 0 Å². The van der Waals surface area contributed by atoms with E-state index >= 15 is 0 Å². The zero-order valence-corrected chi connectivity index (χ0v) is 11.4. The van der Waals surface area contributed by atoms with E-state index in [0.717, 1.165) is 6.42 Å². The predicted octanol–water partition coefficient (Wildman–Crippen LogP) is 0.669. The third-order valence-corrected chi connectivity index (χ3v) is 5.20. The number of nitrogens with zero attached hydrogens (tertiary/aromatic N) is 2. The molecule has 19 heavy (non-hydrogen) atoms. The second kappa shape index (κ2) is 5.70. The van der Waals surface area contributed by atoms with Crippen molar-refractivity contribution >= 4 is 10.0 Å². The molecule has 2 N–H and O–H groups in total. The van der Waals surface area contributed by atoms with Crippen LogP contribution in [0.4, 0.5) is 0 Å². The van der Waals surface area contributed by atoms with Crippen molar-refractivity contribution in [2.24, 2.45) is 11.7 Å². The van der Waals surface area contributed by atoms with E-state index in [9.17, 15) is 8.42 Å². The normalized spacial score (nSPS) is 20.3. The van der Waals surface area contributed by atoms with Gasteiger partial charge in [0.15, 0.2) is 0 Å². The highest BCUT2D eigenvalue weighted by Crippen LogP contribution is 2.21. The summed E-state index contributed by atoms with van der Waals surface area (Å²) in [6.45, 7) is 1.58. The lowest BCUT2D eigenvalue weighted by Gasteiger charge is -2.16. The molecule has 0 saturated carbocycles. The Morgan fingerprint density at radius 1 is 1.47 bits per heavy atom. The Labute approximate surface area is 113 Å². The molecule has 0 spiro atoms. The van der Waals surface area contributed by atoms with E-state index in [1.807, 2.05) is 6.07 Å². The van der Waals surface area contributed by atoms with Crippen LogP contribution in [0.5, 0.6) is 0 Å². The van der Waals surface area contributed by atoms with Gasteiger partial charge in [-0.2, -0.15) is 5.26 Å². The molecular formula is C13H17N3O2S. The summed E-state index contributed by atoms with van der Waals surface area (Å²) in [4.78, 5) is 0. The Hall–Kier alpha value is -1.42. The molecule has 0 aliphatic carbocycles. The van der Waals surface area contributed by atoms with Crippen molar-refractivity contribution in [2.75, 3.05) is 19.6 Å². The van der Waals surface area contributed by atoms with Crippen LogP contribution in [-0.2, 0) is 15.8 Å². The molecule has 0 unspecified atom stereocenters. The minimum absolute atomic E-state index is 0.0557. The summed E-state index contributed by atoms with van der Waals surface area (Å²) >= 11 is 0. The lowest BCUT2D eigenvalue weighted by molar-refractivity contribution is 0.458. The van der Waals surface area contributed by atoms with Gasteiger partial charge >= 0.3 is 0 Å². The number of hydrogen-bond donors (Lipinski definition) is 1. The molecule has 1 aromatic rings. The lowest BCUT2D eigenvalue weighted by Crippen LogP contribution is -2.31. The molecule has 2 rings (SSSR count). The number of benzene rings is 1. The van der Waals surface area contributed by atoms with E-state index < -0.39 is 10.0 Å². The summed E-state index contributed by atoms with van der Waals surface area (Å²) in [6.07, 6.45) is 0.827. The van der Waals surface area contributed by atoms with Crippen molar-refractivity contribution in [3.63, 3.8) is 0 Å². The Balaban J connectivity index is 2.11. The monoisotopic (exact) mass is 279 g/mol. The Morgan fingerprint density at radius 3 is 2.89 bits per heavy atom. The molecule has 1 heterocycles. The van der Waals surface area contributed by atoms with Crippen LogP contribution < -0.4 is 5.73 Å². The molecule has 0 bridgehead atoms. The zero-order valence-electron chi connectivity index (χ0n) is 10.6. The van der Waals surface area contributed by atoms with Crippen molar-refractivity contribution in [1.29, 1.82) is 5.26 Å². The fourth-order valence-corrected chi connectivity index (χ4v) is 3.88. The SMILES string of the molecule is N#Cc1cccc(CS(=O)(=O)N2CC[C@H](CN)C2)c1. The van der Waals surface area contributed by atoms with Gasteiger partial charge in [-0.25, -0.2) is 12.7 Å². The third-order valence-electron chi connectivity index (χ3n) is 3.38. The summed E-state index contributed by atoms with van der Waals surface area (Å²) < 4.78 is 26.0. The van der Waals surface area contributed by atoms with Crippen LogP contribution >= 0.6 is 0 Å². The second-order valence-electron chi connectivity index (χ2n) is 4.82. The van der Waals surface area contributed by atoms with Crippen molar-refractivity contribution in [1.82, 2.24) is 4.31 Å². The van der Waals surface area contributed by atoms with Gasteiger partial charge < -0.3 is 5.73 Å². The van der Waals surface area contributed by atoms with Crippen LogP contribution in [0.1, 0.15) is 17.5 Å². The minimum atomic E-state index is -3.31. The molecule has 1 aliphatic rings. The number of hydrogen-bond acceptors (Lipinski definition) is 4. The summed E-state index contributed by atoms with van der Waals surface area (Å²) in [6, 6.07) is 8.73. The topological polar surface area (TPSA) is 87.2 Å². The highest BCUT2D eigenvalue weighted by atomic mass is 32.2. The molecule has 0 aromatic heterocycles. The van der Waals surface area contributed by atoms with Crippen LogP contribution in [0.2, 0.25) is 0 Å². The van der Waals surface area contributed by atoms with Crippen molar-refractivity contribution in [3.05, 3.63) is 35.4 Å². The van der Waals surface area contributed by atoms with Gasteiger partial charge in [0.1, 0.15) is 0 Å². The number of sulfonamides is 1. The average Bonchev–Trinajstić information content (AvgIpc) is 2.88. The van der Waals surface area contributed by atoms with Gasteiger partial charge in [0.05, 0.1) is 17.4 Å². The van der Waals surface area contributed by atoms with Crippen LogP contribution in [-0.4, -0.2) is 32.4 Å². The molecule has 0 radical (unpaired) electrons. The van der Waals surface area contributed by atoms with Gasteiger partial charge in [-0.15, -0.1) is 0 Å². The molecule has 1 aromatic carbocycles. The van der Waals surface area contributed by atoms with Gasteiger partial charge in [0.2, 0.25) is 10.0 Å². The lowest BCUT2D eigenvalue weighted by atomic mass is 10.1. The van der Waals surface area contributed by atoms with Crippen molar-refractivity contribution < 1.29 is 8.42 Å². The standard InChI is InChI=1S/C13H17N3O2S/c14-7-11-2-1-3-12(6-11)10-19(17,18)16-5-4-13(8-15)9-16/h1-3,6,13H,4-5,8-10,15H2/t13-/m1/s1. The van der Waals surface area contributed by atoms with Gasteiger partial charge in [0, 0.05) is 13.1 Å². The molecule has 1 saturated heterocycles. The highest BCUT2D eigenvalue weighted by molar-refractivity contribution is 7.88. The average molecular weight is 279 g/mol. The Bertz CT molecular complexity index is 592. The van der Waals surface area contributed by atoms with Crippen LogP contribution in [0, 0.1) is 17.2 Å². The largest absolute Gasteiger partial charge is 0.330 e. The molecule has 1 aliphatic heterocycles. The van der Waals surface area contributed by atoms with E-state index in [1.165, 1.54) is 4.31 Å². The van der Waals surface area contributed by atoms with E-state index in [4.69, 9.17) is 11.0 Å². The first kappa shape index (κ1) is 14.0. The summed E-state index contributed by atoms with van der Waals surface area (Å²) in [5.74, 6) is 0.208. The number of nitrogens with two attached hydrogens (primary N) is 1. The quantitative estimate of drug-likeness (QED) is 0.877. The first-order valence-electron chi connectivity index (χ1n) is 6.22. The summed E-state index contributed by atoms with van der Waals surface area (Å²) in [5.41, 5.74) is 6.70. The maximum Gasteiger partial charge on any atom is 0.218 e. The predicted molar refractivity (Wildman–Crippen MR) is 72.5 cm³/mol. The number of nitriles is 1. The fourth-order valence-electron chi connectivity index (χ4n) is 2.27. The molecule has 1 atom stereocenters. The first-order chi connectivity index (χ1) is 9.05. The molecule has 1 fully saturated rings. The zero-order chi connectivity index (χ0) is 13.9. The van der Waals surface area contributed by atoms with Gasteiger partial charge in [-0.05, 0) is 36.6 Å². The van der Waals surface area contributed by atoms with Crippen molar-refractivity contribution in [2.45, 2.75) is 12.2 Å². The first-order valence-corrected chi connectivity index (χ1v) is 7.83. The smallest absolute Gasteiger partial charge is 0.218 e. The highest BCUT2D eigenvalue weighted by Gasteiger charge is 2.30. The second-order valence-corrected chi connectivity index (χ2v) is 6.79. The van der Waals surface area contributed by atoms with Crippen molar-refractivity contribution in [3.8, 4) is 6.07 Å². The number of rotatable bonds is 4. The fraction of sp³-hybridized carbons (Fsp3) is 0.462. The van der Waals surface area contributed by atoms with Gasteiger partial charge in [0.25, 0.3) is 0 Å². The van der Waals surface area contributed by atoms with Gasteiger partial charge in [-0.1, -0.05) is 12.1 Å². The Kier molecular flexibility index (Phi) is 4.20.